The molecule has 0 spiro atoms. The first-order chi connectivity index (χ1) is 8.25. The summed E-state index contributed by atoms with van der Waals surface area (Å²) in [6.07, 6.45) is 0.436. The third-order valence-electron chi connectivity index (χ3n) is 3.14. The van der Waals surface area contributed by atoms with Crippen LogP contribution in [0.4, 0.5) is 0 Å². The Bertz CT molecular complexity index is 253. The van der Waals surface area contributed by atoms with Crippen molar-refractivity contribution in [2.75, 3.05) is 32.5 Å². The van der Waals surface area contributed by atoms with Crippen molar-refractivity contribution in [2.24, 2.45) is 11.3 Å². The van der Waals surface area contributed by atoms with Gasteiger partial charge in [0.25, 0.3) is 0 Å². The molecule has 0 aliphatic rings. The highest BCUT2D eigenvalue weighted by Crippen LogP contribution is 2.47. The van der Waals surface area contributed by atoms with Gasteiger partial charge in [0.2, 0.25) is 0 Å². The third kappa shape index (κ3) is 7.52. The van der Waals surface area contributed by atoms with Crippen LogP contribution in [0.25, 0.3) is 0 Å². The van der Waals surface area contributed by atoms with E-state index in [-0.39, 0.29) is 5.41 Å². The van der Waals surface area contributed by atoms with E-state index in [0.29, 0.717) is 31.8 Å². The van der Waals surface area contributed by atoms with E-state index in [1.54, 1.807) is 0 Å². The molecule has 0 radical (unpaired) electrons. The van der Waals surface area contributed by atoms with Crippen LogP contribution in [0.2, 0.25) is 0 Å². The molecule has 110 valence electrons. The topological polar surface area (TPSA) is 47.6 Å². The zero-order valence-electron chi connectivity index (χ0n) is 12.8. The van der Waals surface area contributed by atoms with Gasteiger partial charge in [0, 0.05) is 6.54 Å². The van der Waals surface area contributed by atoms with Gasteiger partial charge in [-0.25, -0.2) is 0 Å². The minimum absolute atomic E-state index is 0.288. The molecule has 0 saturated carbocycles. The van der Waals surface area contributed by atoms with Crippen LogP contribution in [0.15, 0.2) is 0 Å². The van der Waals surface area contributed by atoms with Crippen molar-refractivity contribution in [3.05, 3.63) is 0 Å². The van der Waals surface area contributed by atoms with Gasteiger partial charge < -0.3 is 14.4 Å². The molecular weight excluding hydrogens is 249 g/mol. The van der Waals surface area contributed by atoms with E-state index in [4.69, 9.17) is 9.05 Å². The summed E-state index contributed by atoms with van der Waals surface area (Å²) in [7, 11) is -2.88. The van der Waals surface area contributed by atoms with Gasteiger partial charge in [-0.3, -0.25) is 4.57 Å². The van der Waals surface area contributed by atoms with Crippen LogP contribution in [-0.4, -0.2) is 32.5 Å². The van der Waals surface area contributed by atoms with Crippen molar-refractivity contribution < 1.29 is 13.6 Å². The van der Waals surface area contributed by atoms with Crippen LogP contribution in [0.3, 0.4) is 0 Å². The summed E-state index contributed by atoms with van der Waals surface area (Å²) in [6.45, 7) is 15.0. The largest absolute Gasteiger partial charge is 0.331 e. The quantitative estimate of drug-likeness (QED) is 0.518. The molecule has 4 nitrogen and oxygen atoms in total. The van der Waals surface area contributed by atoms with E-state index in [1.807, 2.05) is 13.8 Å². The summed E-state index contributed by atoms with van der Waals surface area (Å²) < 4.78 is 22.6. The van der Waals surface area contributed by atoms with E-state index in [2.05, 4.69) is 33.0 Å². The van der Waals surface area contributed by atoms with Gasteiger partial charge in [-0.15, -0.1) is 0 Å². The molecule has 1 atom stereocenters. The highest BCUT2D eigenvalue weighted by Gasteiger charge is 2.23. The van der Waals surface area contributed by atoms with Crippen LogP contribution >= 0.6 is 7.60 Å². The summed E-state index contributed by atoms with van der Waals surface area (Å²) in [5.74, 6) is 0.566. The Morgan fingerprint density at radius 1 is 1.17 bits per heavy atom. The van der Waals surface area contributed by atoms with Gasteiger partial charge in [-0.2, -0.15) is 0 Å². The smallest absolute Gasteiger partial charge is 0.316 e. The molecule has 0 fully saturated rings. The third-order valence-corrected chi connectivity index (χ3v) is 5.22. The summed E-state index contributed by atoms with van der Waals surface area (Å²) in [4.78, 5) is 0. The van der Waals surface area contributed by atoms with Gasteiger partial charge in [-0.1, -0.05) is 27.7 Å². The lowest BCUT2D eigenvalue weighted by atomic mass is 9.82. The Morgan fingerprint density at radius 3 is 2.06 bits per heavy atom. The van der Waals surface area contributed by atoms with E-state index >= 15 is 0 Å². The first kappa shape index (κ1) is 18.1. The zero-order chi connectivity index (χ0) is 14.2. The van der Waals surface area contributed by atoms with Crippen LogP contribution < -0.4 is 5.32 Å². The maximum absolute atomic E-state index is 12.2. The molecule has 0 heterocycles. The minimum atomic E-state index is -2.88. The predicted octanol–water partition coefficient (Wildman–Crippen LogP) is 3.52. The first-order valence-electron chi connectivity index (χ1n) is 6.84. The van der Waals surface area contributed by atoms with Gasteiger partial charge >= 0.3 is 7.60 Å². The molecule has 5 heteroatoms. The molecule has 0 aliphatic carbocycles. The minimum Gasteiger partial charge on any atom is -0.316 e. The lowest BCUT2D eigenvalue weighted by molar-refractivity contribution is 0.219. The fraction of sp³-hybridized carbons (Fsp3) is 1.00. The molecular formula is C13H30NO3P. The molecule has 0 aromatic carbocycles. The van der Waals surface area contributed by atoms with E-state index in [0.717, 1.165) is 6.54 Å². The molecule has 18 heavy (non-hydrogen) atoms. The van der Waals surface area contributed by atoms with Crippen molar-refractivity contribution >= 4 is 7.60 Å². The second-order valence-electron chi connectivity index (χ2n) is 5.64. The molecule has 0 aromatic heterocycles. The van der Waals surface area contributed by atoms with Crippen molar-refractivity contribution in [3.8, 4) is 0 Å². The highest BCUT2D eigenvalue weighted by atomic mass is 31.2. The second-order valence-corrected chi connectivity index (χ2v) is 7.83. The van der Waals surface area contributed by atoms with E-state index < -0.39 is 7.60 Å². The number of hydrogen-bond acceptors (Lipinski definition) is 4. The molecule has 1 N–H and O–H groups in total. The average Bonchev–Trinajstić information content (AvgIpc) is 2.23. The standard InChI is InChI=1S/C13H30NO3P/c1-7-16-18(15,17-8-2)10-9-14-11-12(3)13(4,5)6/h12,14H,7-11H2,1-6H3. The lowest BCUT2D eigenvalue weighted by Crippen LogP contribution is -2.31. The predicted molar refractivity (Wildman–Crippen MR) is 77.2 cm³/mol. The van der Waals surface area contributed by atoms with Crippen molar-refractivity contribution in [2.45, 2.75) is 41.5 Å². The Morgan fingerprint density at radius 2 is 1.67 bits per heavy atom. The Hall–Kier alpha value is 0.110. The lowest BCUT2D eigenvalue weighted by Gasteiger charge is -2.27. The molecule has 0 saturated heterocycles. The van der Waals surface area contributed by atoms with Crippen LogP contribution in [0.5, 0.6) is 0 Å². The highest BCUT2D eigenvalue weighted by molar-refractivity contribution is 7.53. The normalized spacial score (nSPS) is 14.8. The molecule has 0 aliphatic heterocycles. The fourth-order valence-electron chi connectivity index (χ4n) is 1.40. The number of rotatable bonds is 9. The second kappa shape index (κ2) is 8.31. The number of nitrogens with one attached hydrogen (secondary N) is 1. The molecule has 0 aromatic rings. The van der Waals surface area contributed by atoms with Gasteiger partial charge in [0.1, 0.15) is 0 Å². The Balaban J connectivity index is 3.98. The van der Waals surface area contributed by atoms with Crippen molar-refractivity contribution in [1.82, 2.24) is 5.32 Å². The molecule has 0 rings (SSSR count). The van der Waals surface area contributed by atoms with Crippen LogP contribution in [-0.2, 0) is 13.6 Å². The van der Waals surface area contributed by atoms with Gasteiger partial charge in [-0.05, 0) is 31.7 Å². The van der Waals surface area contributed by atoms with Crippen LogP contribution in [0.1, 0.15) is 41.5 Å². The van der Waals surface area contributed by atoms with Crippen molar-refractivity contribution in [1.29, 1.82) is 0 Å². The Labute approximate surface area is 112 Å². The SMILES string of the molecule is CCOP(=O)(CCNCC(C)C(C)(C)C)OCC. The Kier molecular flexibility index (Phi) is 8.37. The van der Waals surface area contributed by atoms with E-state index in [1.165, 1.54) is 0 Å². The maximum atomic E-state index is 12.2. The molecule has 0 amide bonds. The molecule has 1 unspecified atom stereocenters. The van der Waals surface area contributed by atoms with Crippen molar-refractivity contribution in [3.63, 3.8) is 0 Å². The zero-order valence-corrected chi connectivity index (χ0v) is 13.7. The summed E-state index contributed by atoms with van der Waals surface area (Å²) in [5.41, 5.74) is 0.288. The average molecular weight is 279 g/mol. The molecule has 0 bridgehead atoms. The number of hydrogen-bond donors (Lipinski definition) is 1. The monoisotopic (exact) mass is 279 g/mol. The van der Waals surface area contributed by atoms with Gasteiger partial charge in [0.05, 0.1) is 19.4 Å². The summed E-state index contributed by atoms with van der Waals surface area (Å²) >= 11 is 0. The summed E-state index contributed by atoms with van der Waals surface area (Å²) in [6, 6.07) is 0. The van der Waals surface area contributed by atoms with Gasteiger partial charge in [0.15, 0.2) is 0 Å². The maximum Gasteiger partial charge on any atom is 0.331 e. The van der Waals surface area contributed by atoms with E-state index in [9.17, 15) is 4.57 Å². The fourth-order valence-corrected chi connectivity index (χ4v) is 2.95. The summed E-state index contributed by atoms with van der Waals surface area (Å²) in [5, 5.41) is 3.33. The first-order valence-corrected chi connectivity index (χ1v) is 8.56. The van der Waals surface area contributed by atoms with Crippen LogP contribution in [0, 0.1) is 11.3 Å².